The number of hydrogen-bond acceptors (Lipinski definition) is 2. The predicted molar refractivity (Wildman–Crippen MR) is 109 cm³/mol. The average Bonchev–Trinajstić information content (AvgIpc) is 3.22. The van der Waals surface area contributed by atoms with E-state index in [0.29, 0.717) is 0 Å². The molecule has 0 aliphatic carbocycles. The molecule has 0 saturated heterocycles. The number of benzene rings is 3. The minimum atomic E-state index is 0.212. The molecule has 0 amide bonds. The molecule has 0 fully saturated rings. The number of aromatic nitrogens is 3. The first-order valence-corrected chi connectivity index (χ1v) is 9.36. The highest BCUT2D eigenvalue weighted by molar-refractivity contribution is 6.30. The van der Waals surface area contributed by atoms with E-state index in [2.05, 4.69) is 70.9 Å². The molecule has 27 heavy (non-hydrogen) atoms. The number of halogens is 1. The van der Waals surface area contributed by atoms with Crippen LogP contribution in [0.2, 0.25) is 5.02 Å². The summed E-state index contributed by atoms with van der Waals surface area (Å²) in [6.07, 6.45) is 4.46. The fourth-order valence-corrected chi connectivity index (χ4v) is 3.45. The van der Waals surface area contributed by atoms with Crippen molar-refractivity contribution in [1.29, 1.82) is 0 Å². The summed E-state index contributed by atoms with van der Waals surface area (Å²) < 4.78 is 2.01. The van der Waals surface area contributed by atoms with Crippen LogP contribution >= 0.6 is 11.6 Å². The first-order valence-electron chi connectivity index (χ1n) is 8.98. The maximum absolute atomic E-state index is 6.08. The van der Waals surface area contributed by atoms with E-state index >= 15 is 0 Å². The van der Waals surface area contributed by atoms with Crippen LogP contribution in [0.15, 0.2) is 91.5 Å². The molecule has 1 atom stereocenters. The van der Waals surface area contributed by atoms with Crippen LogP contribution in [-0.4, -0.2) is 14.8 Å². The molecule has 1 heterocycles. The molecule has 134 valence electrons. The Labute approximate surface area is 164 Å². The maximum Gasteiger partial charge on any atom is 0.119 e. The van der Waals surface area contributed by atoms with E-state index in [1.54, 1.807) is 12.7 Å². The standard InChI is InChI=1S/C23H20ClN3/c24-22-12-10-21(11-13-22)23(15-27-16-25-26-17-27)20-8-6-19(7-9-20)14-18-4-2-1-3-5-18/h1-13,16-17,23H,14-15H2. The van der Waals surface area contributed by atoms with Crippen molar-refractivity contribution >= 4 is 11.6 Å². The average molecular weight is 374 g/mol. The third kappa shape index (κ3) is 4.44. The summed E-state index contributed by atoms with van der Waals surface area (Å²) >= 11 is 6.08. The highest BCUT2D eigenvalue weighted by Crippen LogP contribution is 2.28. The summed E-state index contributed by atoms with van der Waals surface area (Å²) in [5.74, 6) is 0.212. The molecule has 0 N–H and O–H groups in total. The third-order valence-corrected chi connectivity index (χ3v) is 5.02. The molecular weight excluding hydrogens is 354 g/mol. The zero-order chi connectivity index (χ0) is 18.5. The second-order valence-corrected chi connectivity index (χ2v) is 7.10. The largest absolute Gasteiger partial charge is 0.319 e. The van der Waals surface area contributed by atoms with E-state index in [1.165, 1.54) is 22.3 Å². The van der Waals surface area contributed by atoms with Crippen molar-refractivity contribution in [3.05, 3.63) is 119 Å². The van der Waals surface area contributed by atoms with Crippen LogP contribution in [0.25, 0.3) is 0 Å². The molecule has 4 aromatic rings. The Bertz CT molecular complexity index is 963. The Morgan fingerprint density at radius 3 is 1.89 bits per heavy atom. The normalized spacial score (nSPS) is 12.0. The van der Waals surface area contributed by atoms with Gasteiger partial charge in [0.25, 0.3) is 0 Å². The maximum atomic E-state index is 6.08. The molecule has 0 aliphatic rings. The summed E-state index contributed by atoms with van der Waals surface area (Å²) in [5, 5.41) is 8.61. The van der Waals surface area contributed by atoms with Gasteiger partial charge in [-0.3, -0.25) is 0 Å². The minimum absolute atomic E-state index is 0.212. The molecule has 0 bridgehead atoms. The Hall–Kier alpha value is -2.91. The van der Waals surface area contributed by atoms with Crippen LogP contribution in [0, 0.1) is 0 Å². The highest BCUT2D eigenvalue weighted by atomic mass is 35.5. The molecule has 1 unspecified atom stereocenters. The van der Waals surface area contributed by atoms with Crippen LogP contribution in [0.3, 0.4) is 0 Å². The molecule has 4 rings (SSSR count). The van der Waals surface area contributed by atoms with Gasteiger partial charge in [-0.05, 0) is 40.8 Å². The van der Waals surface area contributed by atoms with Crippen LogP contribution in [0.4, 0.5) is 0 Å². The van der Waals surface area contributed by atoms with Crippen molar-refractivity contribution in [2.45, 2.75) is 18.9 Å². The number of hydrogen-bond donors (Lipinski definition) is 0. The Balaban J connectivity index is 1.60. The first-order chi connectivity index (χ1) is 13.3. The Kier molecular flexibility index (Phi) is 5.31. The summed E-state index contributed by atoms with van der Waals surface area (Å²) in [4.78, 5) is 0. The van der Waals surface area contributed by atoms with Gasteiger partial charge in [-0.1, -0.05) is 78.3 Å². The van der Waals surface area contributed by atoms with Gasteiger partial charge in [0.15, 0.2) is 0 Å². The third-order valence-electron chi connectivity index (χ3n) is 4.77. The monoisotopic (exact) mass is 373 g/mol. The second-order valence-electron chi connectivity index (χ2n) is 6.67. The first kappa shape index (κ1) is 17.5. The Morgan fingerprint density at radius 2 is 1.26 bits per heavy atom. The topological polar surface area (TPSA) is 30.7 Å². The lowest BCUT2D eigenvalue weighted by atomic mass is 9.90. The van der Waals surface area contributed by atoms with Crippen molar-refractivity contribution in [2.24, 2.45) is 0 Å². The minimum Gasteiger partial charge on any atom is -0.319 e. The van der Waals surface area contributed by atoms with Gasteiger partial charge < -0.3 is 4.57 Å². The van der Waals surface area contributed by atoms with Crippen molar-refractivity contribution in [2.75, 3.05) is 0 Å². The van der Waals surface area contributed by atoms with E-state index in [1.807, 2.05) is 22.8 Å². The van der Waals surface area contributed by atoms with Gasteiger partial charge in [0.1, 0.15) is 12.7 Å². The lowest BCUT2D eigenvalue weighted by Gasteiger charge is -2.19. The molecule has 4 heteroatoms. The lowest BCUT2D eigenvalue weighted by molar-refractivity contribution is 0.622. The van der Waals surface area contributed by atoms with Crippen LogP contribution < -0.4 is 0 Å². The van der Waals surface area contributed by atoms with Crippen LogP contribution in [0.1, 0.15) is 28.2 Å². The lowest BCUT2D eigenvalue weighted by Crippen LogP contribution is -2.10. The van der Waals surface area contributed by atoms with Crippen molar-refractivity contribution in [3.8, 4) is 0 Å². The smallest absolute Gasteiger partial charge is 0.119 e. The summed E-state index contributed by atoms with van der Waals surface area (Å²) in [6.45, 7) is 0.784. The van der Waals surface area contributed by atoms with Gasteiger partial charge in [-0.2, -0.15) is 0 Å². The summed E-state index contributed by atoms with van der Waals surface area (Å²) in [6, 6.07) is 27.5. The summed E-state index contributed by atoms with van der Waals surface area (Å²) in [5.41, 5.74) is 5.12. The molecule has 3 nitrogen and oxygen atoms in total. The zero-order valence-corrected chi connectivity index (χ0v) is 15.6. The van der Waals surface area contributed by atoms with Gasteiger partial charge in [-0.25, -0.2) is 0 Å². The quantitative estimate of drug-likeness (QED) is 0.456. The SMILES string of the molecule is Clc1ccc(C(Cn2cnnc2)c2ccc(Cc3ccccc3)cc2)cc1. The number of nitrogens with zero attached hydrogens (tertiary/aromatic N) is 3. The van der Waals surface area contributed by atoms with Gasteiger partial charge in [0, 0.05) is 17.5 Å². The fourth-order valence-electron chi connectivity index (χ4n) is 3.32. The van der Waals surface area contributed by atoms with Gasteiger partial charge in [0.2, 0.25) is 0 Å². The molecule has 0 aliphatic heterocycles. The van der Waals surface area contributed by atoms with Gasteiger partial charge in [0.05, 0.1) is 0 Å². The van der Waals surface area contributed by atoms with Crippen LogP contribution in [-0.2, 0) is 13.0 Å². The zero-order valence-electron chi connectivity index (χ0n) is 14.9. The van der Waals surface area contributed by atoms with Crippen molar-refractivity contribution in [3.63, 3.8) is 0 Å². The molecule has 3 aromatic carbocycles. The van der Waals surface area contributed by atoms with Crippen molar-refractivity contribution in [1.82, 2.24) is 14.8 Å². The molecular formula is C23H20ClN3. The second kappa shape index (κ2) is 8.19. The Morgan fingerprint density at radius 1 is 0.704 bits per heavy atom. The molecule has 0 saturated carbocycles. The van der Waals surface area contributed by atoms with E-state index < -0.39 is 0 Å². The van der Waals surface area contributed by atoms with Crippen LogP contribution in [0.5, 0.6) is 0 Å². The fraction of sp³-hybridized carbons (Fsp3) is 0.130. The van der Waals surface area contributed by atoms with E-state index in [0.717, 1.165) is 18.0 Å². The van der Waals surface area contributed by atoms with E-state index in [-0.39, 0.29) is 5.92 Å². The molecule has 0 radical (unpaired) electrons. The van der Waals surface area contributed by atoms with Crippen molar-refractivity contribution < 1.29 is 0 Å². The molecule has 1 aromatic heterocycles. The number of rotatable bonds is 6. The van der Waals surface area contributed by atoms with Gasteiger partial charge >= 0.3 is 0 Å². The van der Waals surface area contributed by atoms with E-state index in [4.69, 9.17) is 11.6 Å². The molecule has 0 spiro atoms. The predicted octanol–water partition coefficient (Wildman–Crippen LogP) is 5.35. The van der Waals surface area contributed by atoms with Gasteiger partial charge in [-0.15, -0.1) is 10.2 Å². The van der Waals surface area contributed by atoms with E-state index in [9.17, 15) is 0 Å². The highest BCUT2D eigenvalue weighted by Gasteiger charge is 2.15. The summed E-state index contributed by atoms with van der Waals surface area (Å²) in [7, 11) is 0.